The Kier molecular flexibility index (Phi) is 5.72. The quantitative estimate of drug-likeness (QED) is 0.725. The van der Waals surface area contributed by atoms with E-state index in [1.54, 1.807) is 36.4 Å². The van der Waals surface area contributed by atoms with Crippen molar-refractivity contribution >= 4 is 17.5 Å². The van der Waals surface area contributed by atoms with Gasteiger partial charge in [-0.1, -0.05) is 42.5 Å². The monoisotopic (exact) mass is 389 g/mol. The maximum atomic E-state index is 13.1. The molecular formula is C23H23N3O3. The summed E-state index contributed by atoms with van der Waals surface area (Å²) in [6.07, 6.45) is 1.45. The highest BCUT2D eigenvalue weighted by molar-refractivity contribution is 6.07. The first-order valence-corrected chi connectivity index (χ1v) is 9.70. The van der Waals surface area contributed by atoms with E-state index in [0.717, 1.165) is 19.6 Å². The summed E-state index contributed by atoms with van der Waals surface area (Å²) in [5.41, 5.74) is 2.26. The standard InChI is InChI=1S/C23H23N3O3/c27-22(21-11-6-16-29-21)24-20-10-5-4-9-19(20)23(28)26-14-12-25(13-15-26)17-18-7-2-1-3-8-18/h1-11,16H,12-15,17H2,(H,24,27). The molecule has 0 unspecified atom stereocenters. The number of amides is 2. The molecule has 6 nitrogen and oxygen atoms in total. The molecule has 3 aromatic rings. The van der Waals surface area contributed by atoms with E-state index in [1.807, 2.05) is 23.1 Å². The minimum atomic E-state index is -0.372. The van der Waals surface area contributed by atoms with Crippen LogP contribution in [-0.4, -0.2) is 47.8 Å². The Morgan fingerprint density at radius 3 is 2.31 bits per heavy atom. The normalized spacial score (nSPS) is 14.6. The van der Waals surface area contributed by atoms with Crippen LogP contribution in [0.25, 0.3) is 0 Å². The average Bonchev–Trinajstić information content (AvgIpc) is 3.30. The van der Waals surface area contributed by atoms with Gasteiger partial charge in [-0.25, -0.2) is 0 Å². The predicted octanol–water partition coefficient (Wildman–Crippen LogP) is 3.49. The van der Waals surface area contributed by atoms with Crippen molar-refractivity contribution in [2.24, 2.45) is 0 Å². The Morgan fingerprint density at radius 2 is 1.59 bits per heavy atom. The van der Waals surface area contributed by atoms with E-state index in [-0.39, 0.29) is 17.6 Å². The van der Waals surface area contributed by atoms with Crippen molar-refractivity contribution in [3.05, 3.63) is 89.9 Å². The third-order valence-corrected chi connectivity index (χ3v) is 5.06. The molecule has 6 heteroatoms. The van der Waals surface area contributed by atoms with Gasteiger partial charge in [-0.05, 0) is 29.8 Å². The van der Waals surface area contributed by atoms with Crippen LogP contribution in [0.5, 0.6) is 0 Å². The van der Waals surface area contributed by atoms with Crippen LogP contribution in [0, 0.1) is 0 Å². The van der Waals surface area contributed by atoms with Crippen LogP contribution < -0.4 is 5.32 Å². The van der Waals surface area contributed by atoms with E-state index < -0.39 is 0 Å². The average molecular weight is 389 g/mol. The van der Waals surface area contributed by atoms with Gasteiger partial charge in [0.15, 0.2) is 5.76 Å². The first-order valence-electron chi connectivity index (χ1n) is 9.70. The number of carbonyl (C=O) groups is 2. The second-order valence-corrected chi connectivity index (χ2v) is 7.03. The number of carbonyl (C=O) groups excluding carboxylic acids is 2. The van der Waals surface area contributed by atoms with Gasteiger partial charge in [0.2, 0.25) is 0 Å². The highest BCUT2D eigenvalue weighted by Gasteiger charge is 2.24. The first kappa shape index (κ1) is 19.0. The molecule has 1 saturated heterocycles. The number of hydrogen-bond donors (Lipinski definition) is 1. The van der Waals surface area contributed by atoms with Gasteiger partial charge in [-0.15, -0.1) is 0 Å². The number of nitrogens with one attached hydrogen (secondary N) is 1. The van der Waals surface area contributed by atoms with E-state index >= 15 is 0 Å². The maximum absolute atomic E-state index is 13.1. The molecule has 4 rings (SSSR count). The van der Waals surface area contributed by atoms with Gasteiger partial charge in [-0.2, -0.15) is 0 Å². The van der Waals surface area contributed by atoms with Gasteiger partial charge in [-0.3, -0.25) is 14.5 Å². The number of furan rings is 1. The lowest BCUT2D eigenvalue weighted by Gasteiger charge is -2.35. The molecular weight excluding hydrogens is 366 g/mol. The van der Waals surface area contributed by atoms with E-state index in [4.69, 9.17) is 4.42 Å². The zero-order chi connectivity index (χ0) is 20.1. The summed E-state index contributed by atoms with van der Waals surface area (Å²) in [6.45, 7) is 3.85. The second-order valence-electron chi connectivity index (χ2n) is 7.03. The van der Waals surface area contributed by atoms with E-state index in [9.17, 15) is 9.59 Å². The Balaban J connectivity index is 1.39. The number of benzene rings is 2. The highest BCUT2D eigenvalue weighted by Crippen LogP contribution is 2.20. The van der Waals surface area contributed by atoms with Gasteiger partial charge < -0.3 is 14.6 Å². The molecule has 2 amide bonds. The smallest absolute Gasteiger partial charge is 0.291 e. The fourth-order valence-corrected chi connectivity index (χ4v) is 3.49. The number of rotatable bonds is 5. The number of piperazine rings is 1. The molecule has 1 fully saturated rings. The topological polar surface area (TPSA) is 65.8 Å². The molecule has 2 heterocycles. The summed E-state index contributed by atoms with van der Waals surface area (Å²) < 4.78 is 5.13. The van der Waals surface area contributed by atoms with Gasteiger partial charge in [0.1, 0.15) is 0 Å². The van der Waals surface area contributed by atoms with Crippen molar-refractivity contribution in [1.29, 1.82) is 0 Å². The third-order valence-electron chi connectivity index (χ3n) is 5.06. The summed E-state index contributed by atoms with van der Waals surface area (Å²) in [6, 6.07) is 20.7. The molecule has 1 N–H and O–H groups in total. The van der Waals surface area contributed by atoms with Crippen LogP contribution in [0.2, 0.25) is 0 Å². The molecule has 0 spiro atoms. The molecule has 0 aliphatic carbocycles. The molecule has 0 atom stereocenters. The summed E-state index contributed by atoms with van der Waals surface area (Å²) in [5.74, 6) is -0.232. The van der Waals surface area contributed by atoms with Gasteiger partial charge >= 0.3 is 0 Å². The van der Waals surface area contributed by atoms with Crippen LogP contribution in [0.15, 0.2) is 77.4 Å². The third kappa shape index (κ3) is 4.55. The molecule has 1 aliphatic heterocycles. The molecule has 29 heavy (non-hydrogen) atoms. The lowest BCUT2D eigenvalue weighted by molar-refractivity contribution is 0.0629. The number of para-hydroxylation sites is 1. The van der Waals surface area contributed by atoms with Crippen LogP contribution in [-0.2, 0) is 6.54 Å². The fraction of sp³-hybridized carbons (Fsp3) is 0.217. The summed E-state index contributed by atoms with van der Waals surface area (Å²) >= 11 is 0. The predicted molar refractivity (Wildman–Crippen MR) is 111 cm³/mol. The molecule has 1 aromatic heterocycles. The Morgan fingerprint density at radius 1 is 0.862 bits per heavy atom. The Bertz CT molecular complexity index is 962. The van der Waals surface area contributed by atoms with E-state index in [2.05, 4.69) is 22.3 Å². The molecule has 2 aromatic carbocycles. The van der Waals surface area contributed by atoms with Gasteiger partial charge in [0.05, 0.1) is 17.5 Å². The summed E-state index contributed by atoms with van der Waals surface area (Å²) in [4.78, 5) is 29.6. The minimum Gasteiger partial charge on any atom is -0.459 e. The zero-order valence-electron chi connectivity index (χ0n) is 16.1. The van der Waals surface area contributed by atoms with Crippen LogP contribution in [0.4, 0.5) is 5.69 Å². The van der Waals surface area contributed by atoms with Crippen molar-refractivity contribution in [1.82, 2.24) is 9.80 Å². The molecule has 0 saturated carbocycles. The molecule has 148 valence electrons. The van der Waals surface area contributed by atoms with Crippen molar-refractivity contribution in [2.75, 3.05) is 31.5 Å². The van der Waals surface area contributed by atoms with Crippen LogP contribution in [0.3, 0.4) is 0 Å². The lowest BCUT2D eigenvalue weighted by atomic mass is 10.1. The number of hydrogen-bond acceptors (Lipinski definition) is 4. The van der Waals surface area contributed by atoms with Crippen LogP contribution in [0.1, 0.15) is 26.5 Å². The van der Waals surface area contributed by atoms with Gasteiger partial charge in [0.25, 0.3) is 11.8 Å². The molecule has 0 bridgehead atoms. The fourth-order valence-electron chi connectivity index (χ4n) is 3.49. The van der Waals surface area contributed by atoms with Crippen molar-refractivity contribution in [3.63, 3.8) is 0 Å². The SMILES string of the molecule is O=C(Nc1ccccc1C(=O)N1CCN(Cc2ccccc2)CC1)c1ccco1. The van der Waals surface area contributed by atoms with Crippen molar-refractivity contribution in [3.8, 4) is 0 Å². The summed E-state index contributed by atoms with van der Waals surface area (Å²) in [7, 11) is 0. The van der Waals surface area contributed by atoms with Gasteiger partial charge in [0, 0.05) is 32.7 Å². The van der Waals surface area contributed by atoms with Crippen molar-refractivity contribution < 1.29 is 14.0 Å². The zero-order valence-corrected chi connectivity index (χ0v) is 16.1. The van der Waals surface area contributed by atoms with E-state index in [1.165, 1.54) is 11.8 Å². The number of anilines is 1. The van der Waals surface area contributed by atoms with E-state index in [0.29, 0.717) is 24.3 Å². The lowest BCUT2D eigenvalue weighted by Crippen LogP contribution is -2.48. The number of nitrogens with zero attached hydrogens (tertiary/aromatic N) is 2. The minimum absolute atomic E-state index is 0.0697. The largest absolute Gasteiger partial charge is 0.459 e. The summed E-state index contributed by atoms with van der Waals surface area (Å²) in [5, 5.41) is 2.78. The maximum Gasteiger partial charge on any atom is 0.291 e. The molecule has 0 radical (unpaired) electrons. The Labute approximate surface area is 169 Å². The Hall–Kier alpha value is -3.38. The van der Waals surface area contributed by atoms with Crippen molar-refractivity contribution in [2.45, 2.75) is 6.54 Å². The molecule has 1 aliphatic rings. The first-order chi connectivity index (χ1) is 14.2. The highest BCUT2D eigenvalue weighted by atomic mass is 16.3. The second kappa shape index (κ2) is 8.75. The van der Waals surface area contributed by atoms with Crippen LogP contribution >= 0.6 is 0 Å².